The minimum atomic E-state index is -0.929. The Hall–Kier alpha value is -2.22. The Morgan fingerprint density at radius 1 is 1.62 bits per heavy atom. The van der Waals surface area contributed by atoms with Gasteiger partial charge in [0.05, 0.1) is 22.8 Å². The van der Waals surface area contributed by atoms with E-state index in [-0.39, 0.29) is 17.2 Å². The quantitative estimate of drug-likeness (QED) is 0.494. The van der Waals surface area contributed by atoms with Crippen molar-refractivity contribution in [3.8, 4) is 0 Å². The molecule has 114 valence electrons. The molecule has 2 rings (SSSR count). The van der Waals surface area contributed by atoms with E-state index in [1.54, 1.807) is 6.92 Å². The highest BCUT2D eigenvalue weighted by Gasteiger charge is 2.33. The fourth-order valence-electron chi connectivity index (χ4n) is 2.44. The van der Waals surface area contributed by atoms with Crippen molar-refractivity contribution < 1.29 is 19.2 Å². The standard InChI is InChI=1S/C13H16FN3O4/c1-7(18)8-2-3-16(6-8)13(19)9-4-11(15)10(14)5-12(9)17(20)21/h4-5,7-8,18H,2-3,6,15H2,1H3. The van der Waals surface area contributed by atoms with Gasteiger partial charge in [-0.1, -0.05) is 0 Å². The molecule has 0 saturated carbocycles. The van der Waals surface area contributed by atoms with Gasteiger partial charge in [-0.05, 0) is 19.4 Å². The Balaban J connectivity index is 2.31. The monoisotopic (exact) mass is 297 g/mol. The molecule has 1 amide bonds. The van der Waals surface area contributed by atoms with Gasteiger partial charge in [-0.15, -0.1) is 0 Å². The van der Waals surface area contributed by atoms with Crippen molar-refractivity contribution in [1.29, 1.82) is 0 Å². The van der Waals surface area contributed by atoms with Crippen LogP contribution in [0.25, 0.3) is 0 Å². The number of aliphatic hydroxyl groups excluding tert-OH is 1. The zero-order valence-electron chi connectivity index (χ0n) is 11.5. The minimum absolute atomic E-state index is 0.0641. The van der Waals surface area contributed by atoms with Gasteiger partial charge in [-0.3, -0.25) is 14.9 Å². The summed E-state index contributed by atoms with van der Waals surface area (Å²) in [5.74, 6) is -1.57. The molecule has 1 aromatic rings. The highest BCUT2D eigenvalue weighted by Crippen LogP contribution is 2.28. The van der Waals surface area contributed by atoms with Gasteiger partial charge in [-0.25, -0.2) is 4.39 Å². The topological polar surface area (TPSA) is 110 Å². The number of nitro benzene ring substituents is 1. The average Bonchev–Trinajstić information content (AvgIpc) is 2.90. The Morgan fingerprint density at radius 2 is 2.29 bits per heavy atom. The molecule has 1 aliphatic rings. The largest absolute Gasteiger partial charge is 0.396 e. The van der Waals surface area contributed by atoms with Crippen LogP contribution in [-0.2, 0) is 0 Å². The molecule has 7 nitrogen and oxygen atoms in total. The zero-order chi connectivity index (χ0) is 15.7. The number of nitrogens with two attached hydrogens (primary N) is 1. The molecule has 8 heteroatoms. The van der Waals surface area contributed by atoms with Crippen molar-refractivity contribution in [2.24, 2.45) is 5.92 Å². The van der Waals surface area contributed by atoms with Gasteiger partial charge in [-0.2, -0.15) is 0 Å². The van der Waals surface area contributed by atoms with E-state index < -0.39 is 28.4 Å². The third-order valence-corrected chi connectivity index (χ3v) is 3.74. The maximum absolute atomic E-state index is 13.3. The second-order valence-electron chi connectivity index (χ2n) is 5.19. The fraction of sp³-hybridized carbons (Fsp3) is 0.462. The number of nitro groups is 1. The molecule has 0 spiro atoms. The van der Waals surface area contributed by atoms with E-state index in [9.17, 15) is 24.4 Å². The maximum Gasteiger partial charge on any atom is 0.285 e. The number of nitrogen functional groups attached to an aromatic ring is 1. The summed E-state index contributed by atoms with van der Waals surface area (Å²) in [5, 5.41) is 20.5. The van der Waals surface area contributed by atoms with E-state index in [1.807, 2.05) is 0 Å². The number of likely N-dealkylation sites (tertiary alicyclic amines) is 1. The minimum Gasteiger partial charge on any atom is -0.396 e. The lowest BCUT2D eigenvalue weighted by molar-refractivity contribution is -0.385. The maximum atomic E-state index is 13.3. The zero-order valence-corrected chi connectivity index (χ0v) is 11.5. The van der Waals surface area contributed by atoms with Crippen LogP contribution in [0.4, 0.5) is 15.8 Å². The molecule has 0 aliphatic carbocycles. The summed E-state index contributed by atoms with van der Waals surface area (Å²) in [6, 6.07) is 1.65. The Kier molecular flexibility index (Phi) is 4.08. The molecule has 1 aliphatic heterocycles. The number of hydrogen-bond acceptors (Lipinski definition) is 5. The van der Waals surface area contributed by atoms with E-state index in [4.69, 9.17) is 5.73 Å². The van der Waals surface area contributed by atoms with Crippen LogP contribution in [0.1, 0.15) is 23.7 Å². The number of rotatable bonds is 3. The first-order valence-electron chi connectivity index (χ1n) is 6.52. The van der Waals surface area contributed by atoms with Crippen molar-refractivity contribution in [3.05, 3.63) is 33.6 Å². The molecule has 0 bridgehead atoms. The molecule has 0 aromatic heterocycles. The van der Waals surface area contributed by atoms with Crippen LogP contribution < -0.4 is 5.73 Å². The van der Waals surface area contributed by atoms with Crippen molar-refractivity contribution >= 4 is 17.3 Å². The number of halogens is 1. The third kappa shape index (κ3) is 2.94. The summed E-state index contributed by atoms with van der Waals surface area (Å²) in [7, 11) is 0. The smallest absolute Gasteiger partial charge is 0.285 e. The Labute approximate surface area is 120 Å². The first-order valence-corrected chi connectivity index (χ1v) is 6.52. The van der Waals surface area contributed by atoms with Crippen LogP contribution in [0.5, 0.6) is 0 Å². The van der Waals surface area contributed by atoms with Crippen molar-refractivity contribution in [2.45, 2.75) is 19.4 Å². The molecule has 2 atom stereocenters. The summed E-state index contributed by atoms with van der Waals surface area (Å²) >= 11 is 0. The number of amides is 1. The molecule has 1 aromatic carbocycles. The Bertz CT molecular complexity index is 591. The molecular formula is C13H16FN3O4. The lowest BCUT2D eigenvalue weighted by Crippen LogP contribution is -2.31. The number of carbonyl (C=O) groups excluding carboxylic acids is 1. The number of hydrogen-bond donors (Lipinski definition) is 2. The predicted octanol–water partition coefficient (Wildman–Crippen LogP) is 1.16. The lowest BCUT2D eigenvalue weighted by Gasteiger charge is -2.18. The summed E-state index contributed by atoms with van der Waals surface area (Å²) in [6.07, 6.45) is 0.0597. The van der Waals surface area contributed by atoms with Gasteiger partial charge in [0.1, 0.15) is 5.56 Å². The normalized spacial score (nSPS) is 19.6. The van der Waals surface area contributed by atoms with Gasteiger partial charge in [0.2, 0.25) is 0 Å². The van der Waals surface area contributed by atoms with E-state index in [0.717, 1.165) is 6.07 Å². The fourth-order valence-corrected chi connectivity index (χ4v) is 2.44. The van der Waals surface area contributed by atoms with Gasteiger partial charge in [0.25, 0.3) is 11.6 Å². The van der Waals surface area contributed by atoms with Gasteiger partial charge < -0.3 is 15.7 Å². The third-order valence-electron chi connectivity index (χ3n) is 3.74. The molecule has 0 radical (unpaired) electrons. The van der Waals surface area contributed by atoms with Crippen LogP contribution in [0.3, 0.4) is 0 Å². The van der Waals surface area contributed by atoms with E-state index in [2.05, 4.69) is 0 Å². The van der Waals surface area contributed by atoms with E-state index in [0.29, 0.717) is 25.6 Å². The van der Waals surface area contributed by atoms with E-state index >= 15 is 0 Å². The number of anilines is 1. The number of nitrogens with zero attached hydrogens (tertiary/aromatic N) is 2. The highest BCUT2D eigenvalue weighted by molar-refractivity contribution is 5.99. The number of benzene rings is 1. The first-order chi connectivity index (χ1) is 9.81. The molecule has 1 saturated heterocycles. The molecule has 2 unspecified atom stereocenters. The second kappa shape index (κ2) is 5.65. The molecular weight excluding hydrogens is 281 g/mol. The van der Waals surface area contributed by atoms with Crippen molar-refractivity contribution in [1.82, 2.24) is 4.90 Å². The average molecular weight is 297 g/mol. The summed E-state index contributed by atoms with van der Waals surface area (Å²) in [5.41, 5.74) is 4.25. The SMILES string of the molecule is CC(O)C1CCN(C(=O)c2cc(N)c(F)cc2[N+](=O)[O-])C1. The van der Waals surface area contributed by atoms with Crippen LogP contribution in [0.2, 0.25) is 0 Å². The first kappa shape index (κ1) is 15.2. The number of carbonyl (C=O) groups is 1. The molecule has 21 heavy (non-hydrogen) atoms. The van der Waals surface area contributed by atoms with Crippen LogP contribution in [0, 0.1) is 21.8 Å². The van der Waals surface area contributed by atoms with Gasteiger partial charge in [0.15, 0.2) is 5.82 Å². The summed E-state index contributed by atoms with van der Waals surface area (Å²) in [4.78, 5) is 23.9. The highest BCUT2D eigenvalue weighted by atomic mass is 19.1. The summed E-state index contributed by atoms with van der Waals surface area (Å²) < 4.78 is 13.3. The van der Waals surface area contributed by atoms with Crippen LogP contribution >= 0.6 is 0 Å². The molecule has 3 N–H and O–H groups in total. The van der Waals surface area contributed by atoms with Crippen LogP contribution in [-0.4, -0.2) is 40.0 Å². The summed E-state index contributed by atoms with van der Waals surface area (Å²) in [6.45, 7) is 2.34. The number of aliphatic hydroxyl groups is 1. The molecule has 1 fully saturated rings. The van der Waals surface area contributed by atoms with Crippen LogP contribution in [0.15, 0.2) is 12.1 Å². The predicted molar refractivity (Wildman–Crippen MR) is 73.2 cm³/mol. The second-order valence-corrected chi connectivity index (χ2v) is 5.19. The lowest BCUT2D eigenvalue weighted by atomic mass is 10.0. The molecule has 1 heterocycles. The Morgan fingerprint density at radius 3 is 2.81 bits per heavy atom. The van der Waals surface area contributed by atoms with E-state index in [1.165, 1.54) is 4.90 Å². The van der Waals surface area contributed by atoms with Gasteiger partial charge in [0, 0.05) is 19.0 Å². The van der Waals surface area contributed by atoms with Crippen molar-refractivity contribution in [2.75, 3.05) is 18.8 Å². The van der Waals surface area contributed by atoms with Crippen molar-refractivity contribution in [3.63, 3.8) is 0 Å². The van der Waals surface area contributed by atoms with Gasteiger partial charge >= 0.3 is 0 Å².